The molecule has 76 valence electrons. The summed E-state index contributed by atoms with van der Waals surface area (Å²) in [5, 5.41) is 3.68. The number of carbonyl (C=O) groups excluding carboxylic acids is 1. The molecule has 0 bridgehead atoms. The number of pyridine rings is 1. The first-order valence-corrected chi connectivity index (χ1v) is 4.85. The Morgan fingerprint density at radius 2 is 2.07 bits per heavy atom. The van der Waals surface area contributed by atoms with Gasteiger partial charge >= 0.3 is 0 Å². The summed E-state index contributed by atoms with van der Waals surface area (Å²) in [6, 6.07) is 11.7. The molecular formula is C12H12N2O. The lowest BCUT2D eigenvalue weighted by atomic mass is 10.2. The van der Waals surface area contributed by atoms with Gasteiger partial charge in [0, 0.05) is 12.4 Å². The lowest BCUT2D eigenvalue weighted by Gasteiger charge is -2.01. The number of carbonyl (C=O) groups is 1. The molecule has 2 aromatic rings. The Balaban J connectivity index is 2.34. The number of nitrogens with zero attached hydrogens (tertiary/aromatic N) is 1. The topological polar surface area (TPSA) is 42.0 Å². The number of aromatic nitrogens is 1. The number of para-hydroxylation sites is 1. The maximum absolute atomic E-state index is 11.2. The third kappa shape index (κ3) is 2.13. The van der Waals surface area contributed by atoms with Gasteiger partial charge in [-0.25, -0.2) is 0 Å². The maximum atomic E-state index is 11.2. The lowest BCUT2D eigenvalue weighted by molar-refractivity contribution is -0.120. The van der Waals surface area contributed by atoms with Crippen molar-refractivity contribution >= 4 is 16.8 Å². The van der Waals surface area contributed by atoms with Crippen LogP contribution < -0.4 is 5.32 Å². The molecule has 3 heteroatoms. The summed E-state index contributed by atoms with van der Waals surface area (Å²) < 4.78 is 0. The first-order chi connectivity index (χ1) is 7.29. The van der Waals surface area contributed by atoms with Gasteiger partial charge in [-0.3, -0.25) is 9.78 Å². The number of nitrogens with one attached hydrogen (secondary N) is 1. The van der Waals surface area contributed by atoms with Crippen molar-refractivity contribution in [3.63, 3.8) is 0 Å². The second-order valence-corrected chi connectivity index (χ2v) is 3.35. The van der Waals surface area contributed by atoms with Gasteiger partial charge in [0.1, 0.15) is 0 Å². The molecule has 0 unspecified atom stereocenters. The van der Waals surface area contributed by atoms with Crippen molar-refractivity contribution in [2.45, 2.75) is 6.42 Å². The zero-order chi connectivity index (χ0) is 10.7. The van der Waals surface area contributed by atoms with Gasteiger partial charge in [0.25, 0.3) is 0 Å². The van der Waals surface area contributed by atoms with Crippen LogP contribution in [0.3, 0.4) is 0 Å². The highest BCUT2D eigenvalue weighted by atomic mass is 16.1. The largest absolute Gasteiger partial charge is 0.359 e. The molecule has 1 aromatic carbocycles. The Morgan fingerprint density at radius 3 is 2.87 bits per heavy atom. The highest BCUT2D eigenvalue weighted by Crippen LogP contribution is 2.11. The monoisotopic (exact) mass is 200 g/mol. The standard InChI is InChI=1S/C12H12N2O/c1-13-12(15)8-10-7-6-9-4-2-3-5-11(9)14-10/h2-7H,8H2,1H3,(H,13,15). The molecular weight excluding hydrogens is 188 g/mol. The van der Waals surface area contributed by atoms with E-state index in [0.717, 1.165) is 16.6 Å². The van der Waals surface area contributed by atoms with Crippen molar-refractivity contribution in [1.82, 2.24) is 10.3 Å². The van der Waals surface area contributed by atoms with Crippen LogP contribution >= 0.6 is 0 Å². The van der Waals surface area contributed by atoms with Gasteiger partial charge in [-0.15, -0.1) is 0 Å². The first-order valence-electron chi connectivity index (χ1n) is 4.85. The van der Waals surface area contributed by atoms with Gasteiger partial charge in [-0.05, 0) is 12.1 Å². The molecule has 0 fully saturated rings. The van der Waals surface area contributed by atoms with Gasteiger partial charge in [0.15, 0.2) is 0 Å². The second-order valence-electron chi connectivity index (χ2n) is 3.35. The molecule has 1 heterocycles. The minimum Gasteiger partial charge on any atom is -0.359 e. The van der Waals surface area contributed by atoms with Crippen molar-refractivity contribution in [2.24, 2.45) is 0 Å². The maximum Gasteiger partial charge on any atom is 0.225 e. The predicted molar refractivity (Wildman–Crippen MR) is 59.5 cm³/mol. The second kappa shape index (κ2) is 4.09. The molecule has 0 aliphatic carbocycles. The Hall–Kier alpha value is -1.90. The zero-order valence-electron chi connectivity index (χ0n) is 8.53. The number of benzene rings is 1. The van der Waals surface area contributed by atoms with Crippen molar-refractivity contribution in [1.29, 1.82) is 0 Å². The highest BCUT2D eigenvalue weighted by molar-refractivity contribution is 5.81. The quantitative estimate of drug-likeness (QED) is 0.798. The molecule has 0 aliphatic heterocycles. The molecule has 0 radical (unpaired) electrons. The summed E-state index contributed by atoms with van der Waals surface area (Å²) in [5.41, 5.74) is 1.73. The van der Waals surface area contributed by atoms with Crippen molar-refractivity contribution < 1.29 is 4.79 Å². The average Bonchev–Trinajstić information content (AvgIpc) is 2.29. The van der Waals surface area contributed by atoms with E-state index in [2.05, 4.69) is 10.3 Å². The smallest absolute Gasteiger partial charge is 0.225 e. The fraction of sp³-hybridized carbons (Fsp3) is 0.167. The molecule has 0 spiro atoms. The van der Waals surface area contributed by atoms with Crippen molar-refractivity contribution in [2.75, 3.05) is 7.05 Å². The molecule has 1 amide bonds. The summed E-state index contributed by atoms with van der Waals surface area (Å²) in [4.78, 5) is 15.6. The van der Waals surface area contributed by atoms with E-state index in [1.54, 1.807) is 7.05 Å². The van der Waals surface area contributed by atoms with E-state index in [9.17, 15) is 4.79 Å². The van der Waals surface area contributed by atoms with E-state index in [0.29, 0.717) is 6.42 Å². The molecule has 0 aliphatic rings. The highest BCUT2D eigenvalue weighted by Gasteiger charge is 2.02. The number of amides is 1. The van der Waals surface area contributed by atoms with Crippen LogP contribution in [0, 0.1) is 0 Å². The molecule has 2 rings (SSSR count). The Morgan fingerprint density at radius 1 is 1.27 bits per heavy atom. The Bertz CT molecular complexity index is 494. The average molecular weight is 200 g/mol. The fourth-order valence-corrected chi connectivity index (χ4v) is 1.46. The van der Waals surface area contributed by atoms with E-state index in [1.807, 2.05) is 36.4 Å². The molecule has 0 saturated carbocycles. The number of hydrogen-bond acceptors (Lipinski definition) is 2. The normalized spacial score (nSPS) is 10.2. The van der Waals surface area contributed by atoms with E-state index >= 15 is 0 Å². The van der Waals surface area contributed by atoms with Crippen LogP contribution in [0.4, 0.5) is 0 Å². The summed E-state index contributed by atoms with van der Waals surface area (Å²) >= 11 is 0. The third-order valence-corrected chi connectivity index (χ3v) is 2.28. The number of rotatable bonds is 2. The van der Waals surface area contributed by atoms with E-state index < -0.39 is 0 Å². The third-order valence-electron chi connectivity index (χ3n) is 2.28. The van der Waals surface area contributed by atoms with Gasteiger partial charge in [0.05, 0.1) is 17.6 Å². The summed E-state index contributed by atoms with van der Waals surface area (Å²) in [6.07, 6.45) is 0.335. The molecule has 0 atom stereocenters. The van der Waals surface area contributed by atoms with Crippen LogP contribution in [0.2, 0.25) is 0 Å². The minimum absolute atomic E-state index is 0.0159. The van der Waals surface area contributed by atoms with E-state index in [-0.39, 0.29) is 5.91 Å². The van der Waals surface area contributed by atoms with Crippen molar-refractivity contribution in [3.05, 3.63) is 42.1 Å². The van der Waals surface area contributed by atoms with Crippen LogP contribution in [0.15, 0.2) is 36.4 Å². The van der Waals surface area contributed by atoms with Crippen LogP contribution in [0.1, 0.15) is 5.69 Å². The number of likely N-dealkylation sites (N-methyl/N-ethyl adjacent to an activating group) is 1. The lowest BCUT2D eigenvalue weighted by Crippen LogP contribution is -2.20. The number of fused-ring (bicyclic) bond motifs is 1. The van der Waals surface area contributed by atoms with Gasteiger partial charge in [-0.1, -0.05) is 24.3 Å². The Kier molecular flexibility index (Phi) is 2.63. The van der Waals surface area contributed by atoms with Gasteiger partial charge in [-0.2, -0.15) is 0 Å². The predicted octanol–water partition coefficient (Wildman–Crippen LogP) is 1.52. The zero-order valence-corrected chi connectivity index (χ0v) is 8.53. The van der Waals surface area contributed by atoms with Crippen molar-refractivity contribution in [3.8, 4) is 0 Å². The van der Waals surface area contributed by atoms with E-state index in [4.69, 9.17) is 0 Å². The molecule has 1 aromatic heterocycles. The van der Waals surface area contributed by atoms with Crippen LogP contribution in [-0.2, 0) is 11.2 Å². The molecule has 15 heavy (non-hydrogen) atoms. The van der Waals surface area contributed by atoms with Gasteiger partial charge in [0.2, 0.25) is 5.91 Å². The molecule has 0 saturated heterocycles. The SMILES string of the molecule is CNC(=O)Cc1ccc2ccccc2n1. The van der Waals surface area contributed by atoms with Crippen LogP contribution in [-0.4, -0.2) is 17.9 Å². The Labute approximate surface area is 88.1 Å². The molecule has 3 nitrogen and oxygen atoms in total. The number of hydrogen-bond donors (Lipinski definition) is 1. The summed E-state index contributed by atoms with van der Waals surface area (Å²) in [7, 11) is 1.63. The van der Waals surface area contributed by atoms with Crippen LogP contribution in [0.5, 0.6) is 0 Å². The minimum atomic E-state index is -0.0159. The first kappa shape index (κ1) is 9.65. The summed E-state index contributed by atoms with van der Waals surface area (Å²) in [6.45, 7) is 0. The fourth-order valence-electron chi connectivity index (χ4n) is 1.46. The summed E-state index contributed by atoms with van der Waals surface area (Å²) in [5.74, 6) is -0.0159. The van der Waals surface area contributed by atoms with E-state index in [1.165, 1.54) is 0 Å². The molecule has 1 N–H and O–H groups in total. The van der Waals surface area contributed by atoms with Crippen LogP contribution in [0.25, 0.3) is 10.9 Å². The van der Waals surface area contributed by atoms with Gasteiger partial charge < -0.3 is 5.32 Å².